The first-order valence-electron chi connectivity index (χ1n) is 6.62. The van der Waals surface area contributed by atoms with E-state index >= 15 is 0 Å². The molecular formula is C15H19ClNO2+. The zero-order chi connectivity index (χ0) is 13.3. The second-order valence-corrected chi connectivity index (χ2v) is 4.90. The lowest BCUT2D eigenvalue weighted by Crippen LogP contribution is -2.86. The Kier molecular flexibility index (Phi) is 6.03. The van der Waals surface area contributed by atoms with Crippen LogP contribution in [0.1, 0.15) is 12.8 Å². The first-order chi connectivity index (χ1) is 9.34. The minimum absolute atomic E-state index is 0.412. The Morgan fingerprint density at radius 2 is 2.16 bits per heavy atom. The fraction of sp³-hybridized carbons (Fsp3) is 0.467. The van der Waals surface area contributed by atoms with Crippen LogP contribution >= 0.6 is 11.6 Å². The molecule has 0 aromatic heterocycles. The number of hydrogen-bond acceptors (Lipinski definition) is 2. The molecule has 3 nitrogen and oxygen atoms in total. The molecule has 2 N–H and O–H groups in total. The standard InChI is InChI=1S/C15H18ClNO2/c16-13-5-7-14(8-6-13)18-10-2-1-9-17-12-15-4-3-11-19-15/h5-8,15,17H,3-4,9-12H2/p+1/t15-/m1/s1. The van der Waals surface area contributed by atoms with E-state index in [4.69, 9.17) is 21.1 Å². The third kappa shape index (κ3) is 5.52. The molecule has 1 saturated heterocycles. The number of ether oxygens (including phenoxy) is 2. The fourth-order valence-corrected chi connectivity index (χ4v) is 2.07. The lowest BCUT2D eigenvalue weighted by molar-refractivity contribution is -0.650. The molecule has 4 heteroatoms. The molecule has 0 saturated carbocycles. The Morgan fingerprint density at radius 1 is 1.32 bits per heavy atom. The Bertz CT molecular complexity index is 430. The smallest absolute Gasteiger partial charge is 0.149 e. The van der Waals surface area contributed by atoms with Crippen molar-refractivity contribution in [2.45, 2.75) is 18.9 Å². The monoisotopic (exact) mass is 280 g/mol. The first-order valence-corrected chi connectivity index (χ1v) is 7.00. The first kappa shape index (κ1) is 14.2. The molecule has 2 rings (SSSR count). The van der Waals surface area contributed by atoms with Gasteiger partial charge in [-0.2, -0.15) is 0 Å². The molecular weight excluding hydrogens is 262 g/mol. The maximum absolute atomic E-state index is 5.79. The summed E-state index contributed by atoms with van der Waals surface area (Å²) in [6.07, 6.45) is 2.80. The largest absolute Gasteiger partial charge is 0.481 e. The molecule has 1 aromatic carbocycles. The zero-order valence-electron chi connectivity index (χ0n) is 10.9. The summed E-state index contributed by atoms with van der Waals surface area (Å²) in [6, 6.07) is 7.29. The molecule has 0 aliphatic carbocycles. The van der Waals surface area contributed by atoms with Gasteiger partial charge in [-0.05, 0) is 43.0 Å². The van der Waals surface area contributed by atoms with Crippen molar-refractivity contribution in [3.8, 4) is 17.6 Å². The van der Waals surface area contributed by atoms with Crippen molar-refractivity contribution in [1.29, 1.82) is 0 Å². The summed E-state index contributed by atoms with van der Waals surface area (Å²) in [5, 5.41) is 2.90. The minimum atomic E-state index is 0.412. The van der Waals surface area contributed by atoms with Crippen LogP contribution in [0, 0.1) is 11.8 Å². The average molecular weight is 281 g/mol. The van der Waals surface area contributed by atoms with Gasteiger partial charge in [-0.15, -0.1) is 0 Å². The summed E-state index contributed by atoms with van der Waals surface area (Å²) >= 11 is 5.79. The average Bonchev–Trinajstić information content (AvgIpc) is 2.93. The molecule has 0 radical (unpaired) electrons. The van der Waals surface area contributed by atoms with E-state index in [-0.39, 0.29) is 0 Å². The van der Waals surface area contributed by atoms with Crippen LogP contribution in [0.4, 0.5) is 0 Å². The van der Waals surface area contributed by atoms with Gasteiger partial charge in [-0.3, -0.25) is 0 Å². The van der Waals surface area contributed by atoms with Gasteiger partial charge in [0.25, 0.3) is 0 Å². The predicted molar refractivity (Wildman–Crippen MR) is 75.4 cm³/mol. The van der Waals surface area contributed by atoms with Crippen molar-refractivity contribution in [1.82, 2.24) is 0 Å². The van der Waals surface area contributed by atoms with Crippen LogP contribution in [0.2, 0.25) is 5.02 Å². The Morgan fingerprint density at radius 3 is 2.89 bits per heavy atom. The summed E-state index contributed by atoms with van der Waals surface area (Å²) < 4.78 is 11.0. The summed E-state index contributed by atoms with van der Waals surface area (Å²) in [7, 11) is 0. The molecule has 0 bridgehead atoms. The van der Waals surface area contributed by atoms with Gasteiger partial charge in [-0.25, -0.2) is 0 Å². The summed E-state index contributed by atoms with van der Waals surface area (Å²) in [5.74, 6) is 6.87. The van der Waals surface area contributed by atoms with Crippen LogP contribution < -0.4 is 10.1 Å². The molecule has 0 unspecified atom stereocenters. The van der Waals surface area contributed by atoms with Crippen LogP contribution in [0.3, 0.4) is 0 Å². The molecule has 0 amide bonds. The molecule has 102 valence electrons. The number of rotatable bonds is 5. The molecule has 19 heavy (non-hydrogen) atoms. The SMILES string of the molecule is Clc1ccc(OCC#CC[NH2+]C[C@H]2CCCO2)cc1. The molecule has 1 aromatic rings. The highest BCUT2D eigenvalue weighted by Crippen LogP contribution is 2.15. The fourth-order valence-electron chi connectivity index (χ4n) is 1.95. The third-order valence-electron chi connectivity index (χ3n) is 2.95. The quantitative estimate of drug-likeness (QED) is 0.655. The highest BCUT2D eigenvalue weighted by molar-refractivity contribution is 6.30. The highest BCUT2D eigenvalue weighted by Gasteiger charge is 2.15. The highest BCUT2D eigenvalue weighted by atomic mass is 35.5. The molecule has 1 aliphatic rings. The molecule has 1 heterocycles. The van der Waals surface area contributed by atoms with Crippen molar-refractivity contribution in [2.24, 2.45) is 0 Å². The second kappa shape index (κ2) is 8.06. The lowest BCUT2D eigenvalue weighted by atomic mass is 10.2. The van der Waals surface area contributed by atoms with Crippen LogP contribution in [0.15, 0.2) is 24.3 Å². The summed E-state index contributed by atoms with van der Waals surface area (Å²) in [6.45, 7) is 3.13. The Hall–Kier alpha value is -1.21. The zero-order valence-corrected chi connectivity index (χ0v) is 11.7. The number of halogens is 1. The number of quaternary nitrogens is 1. The van der Waals surface area contributed by atoms with Crippen LogP contribution in [-0.4, -0.2) is 32.4 Å². The summed E-state index contributed by atoms with van der Waals surface area (Å²) in [5.41, 5.74) is 0. The third-order valence-corrected chi connectivity index (χ3v) is 3.20. The van der Waals surface area contributed by atoms with Gasteiger partial charge in [0.1, 0.15) is 31.5 Å². The summed E-state index contributed by atoms with van der Waals surface area (Å²) in [4.78, 5) is 0. The van der Waals surface area contributed by atoms with Crippen molar-refractivity contribution in [2.75, 3.05) is 26.3 Å². The van der Waals surface area contributed by atoms with Crippen LogP contribution in [0.25, 0.3) is 0 Å². The predicted octanol–water partition coefficient (Wildman–Crippen LogP) is 1.46. The van der Waals surface area contributed by atoms with Crippen molar-refractivity contribution >= 4 is 11.6 Å². The van der Waals surface area contributed by atoms with E-state index in [0.29, 0.717) is 17.7 Å². The molecule has 1 atom stereocenters. The van der Waals surface area contributed by atoms with Crippen LogP contribution in [0.5, 0.6) is 5.75 Å². The number of nitrogens with two attached hydrogens (primary N) is 1. The van der Waals surface area contributed by atoms with E-state index in [1.165, 1.54) is 12.8 Å². The van der Waals surface area contributed by atoms with E-state index in [1.54, 1.807) is 12.1 Å². The second-order valence-electron chi connectivity index (χ2n) is 4.46. The maximum Gasteiger partial charge on any atom is 0.149 e. The van der Waals surface area contributed by atoms with Crippen molar-refractivity contribution < 1.29 is 14.8 Å². The van der Waals surface area contributed by atoms with E-state index in [1.807, 2.05) is 12.1 Å². The van der Waals surface area contributed by atoms with Crippen molar-refractivity contribution in [3.63, 3.8) is 0 Å². The molecule has 1 aliphatic heterocycles. The van der Waals surface area contributed by atoms with Gasteiger partial charge in [0.15, 0.2) is 0 Å². The molecule has 0 spiro atoms. The van der Waals surface area contributed by atoms with E-state index in [2.05, 4.69) is 17.2 Å². The van der Waals surface area contributed by atoms with Gasteiger partial charge in [0, 0.05) is 11.6 Å². The Balaban J connectivity index is 1.55. The Labute approximate surface area is 119 Å². The van der Waals surface area contributed by atoms with Gasteiger partial charge in [0.05, 0.1) is 0 Å². The van der Waals surface area contributed by atoms with E-state index in [0.717, 1.165) is 25.4 Å². The van der Waals surface area contributed by atoms with Gasteiger partial charge in [0.2, 0.25) is 0 Å². The van der Waals surface area contributed by atoms with Gasteiger partial charge >= 0.3 is 0 Å². The minimum Gasteiger partial charge on any atom is -0.481 e. The van der Waals surface area contributed by atoms with Gasteiger partial charge in [-0.1, -0.05) is 17.5 Å². The number of hydrogen-bond donors (Lipinski definition) is 1. The lowest BCUT2D eigenvalue weighted by Gasteiger charge is -2.05. The van der Waals surface area contributed by atoms with Crippen molar-refractivity contribution in [3.05, 3.63) is 29.3 Å². The van der Waals surface area contributed by atoms with Crippen LogP contribution in [-0.2, 0) is 4.74 Å². The topological polar surface area (TPSA) is 35.1 Å². The van der Waals surface area contributed by atoms with E-state index < -0.39 is 0 Å². The maximum atomic E-state index is 5.79. The number of benzene rings is 1. The van der Waals surface area contributed by atoms with Gasteiger partial charge < -0.3 is 14.8 Å². The molecule has 1 fully saturated rings. The normalized spacial score (nSPS) is 17.8. The van der Waals surface area contributed by atoms with E-state index in [9.17, 15) is 0 Å².